The van der Waals surface area contributed by atoms with Crippen molar-refractivity contribution in [3.8, 4) is 5.75 Å². The number of halogens is 1. The second-order valence-electron chi connectivity index (χ2n) is 6.15. The minimum Gasteiger partial charge on any atom is -0.484 e. The molecular formula is C18H17FN4O5. The van der Waals surface area contributed by atoms with E-state index in [9.17, 15) is 24.1 Å². The molecule has 1 aliphatic rings. The number of nitrogens with zero attached hydrogens (tertiary/aromatic N) is 1. The zero-order valence-electron chi connectivity index (χ0n) is 14.6. The van der Waals surface area contributed by atoms with Gasteiger partial charge in [0.1, 0.15) is 17.3 Å². The monoisotopic (exact) mass is 388 g/mol. The zero-order chi connectivity index (χ0) is 20.1. The quantitative estimate of drug-likeness (QED) is 0.493. The van der Waals surface area contributed by atoms with Gasteiger partial charge in [0.15, 0.2) is 6.61 Å². The van der Waals surface area contributed by atoms with Crippen LogP contribution in [0.1, 0.15) is 23.2 Å². The van der Waals surface area contributed by atoms with Gasteiger partial charge in [0, 0.05) is 17.7 Å². The van der Waals surface area contributed by atoms with Gasteiger partial charge in [-0.15, -0.1) is 0 Å². The van der Waals surface area contributed by atoms with Crippen LogP contribution in [0, 0.1) is 15.9 Å². The van der Waals surface area contributed by atoms with Crippen molar-refractivity contribution in [1.82, 2.24) is 10.9 Å². The molecule has 1 aliphatic carbocycles. The summed E-state index contributed by atoms with van der Waals surface area (Å²) in [5.41, 5.74) is 4.46. The first-order valence-electron chi connectivity index (χ1n) is 8.45. The lowest BCUT2D eigenvalue weighted by atomic mass is 10.1. The Morgan fingerprint density at radius 2 is 1.86 bits per heavy atom. The molecule has 0 atom stereocenters. The number of benzene rings is 2. The molecular weight excluding hydrogens is 371 g/mol. The zero-order valence-corrected chi connectivity index (χ0v) is 14.6. The van der Waals surface area contributed by atoms with Crippen molar-refractivity contribution < 1.29 is 23.6 Å². The molecule has 0 radical (unpaired) electrons. The summed E-state index contributed by atoms with van der Waals surface area (Å²) in [6, 6.07) is 9.33. The number of carbonyl (C=O) groups excluding carboxylic acids is 2. The van der Waals surface area contributed by atoms with E-state index >= 15 is 0 Å². The lowest BCUT2D eigenvalue weighted by Crippen LogP contribution is -2.43. The van der Waals surface area contributed by atoms with Crippen molar-refractivity contribution in [1.29, 1.82) is 0 Å². The number of nitro benzene ring substituents is 1. The highest BCUT2D eigenvalue weighted by Crippen LogP contribution is 2.31. The number of amides is 2. The number of rotatable bonds is 7. The van der Waals surface area contributed by atoms with E-state index in [2.05, 4.69) is 16.2 Å². The highest BCUT2D eigenvalue weighted by Gasteiger charge is 2.25. The minimum absolute atomic E-state index is 0.0211. The van der Waals surface area contributed by atoms with Gasteiger partial charge < -0.3 is 10.1 Å². The molecule has 0 heterocycles. The summed E-state index contributed by atoms with van der Waals surface area (Å²) in [5, 5.41) is 14.3. The van der Waals surface area contributed by atoms with Crippen molar-refractivity contribution >= 4 is 23.2 Å². The summed E-state index contributed by atoms with van der Waals surface area (Å²) in [6.45, 7) is -0.406. The van der Waals surface area contributed by atoms with E-state index in [-0.39, 0.29) is 23.0 Å². The fourth-order valence-electron chi connectivity index (χ4n) is 2.31. The number of nitro groups is 1. The molecule has 1 fully saturated rings. The maximum absolute atomic E-state index is 12.8. The molecule has 3 rings (SSSR count). The fourth-order valence-corrected chi connectivity index (χ4v) is 2.31. The van der Waals surface area contributed by atoms with E-state index < -0.39 is 29.2 Å². The van der Waals surface area contributed by atoms with E-state index in [1.165, 1.54) is 36.4 Å². The molecule has 146 valence electrons. The number of ether oxygens (including phenoxy) is 1. The average molecular weight is 388 g/mol. The third-order valence-electron chi connectivity index (χ3n) is 3.89. The van der Waals surface area contributed by atoms with Crippen LogP contribution >= 0.6 is 0 Å². The Labute approximate surface area is 159 Å². The smallest absolute Gasteiger partial charge is 0.293 e. The Balaban J connectivity index is 1.53. The van der Waals surface area contributed by atoms with Crippen molar-refractivity contribution in [3.05, 3.63) is 64.0 Å². The number of carbonyl (C=O) groups is 2. The van der Waals surface area contributed by atoms with Gasteiger partial charge in [0.25, 0.3) is 17.5 Å². The van der Waals surface area contributed by atoms with Gasteiger partial charge in [-0.3, -0.25) is 30.6 Å². The summed E-state index contributed by atoms with van der Waals surface area (Å²) in [5.74, 6) is -1.51. The Morgan fingerprint density at radius 1 is 1.14 bits per heavy atom. The lowest BCUT2D eigenvalue weighted by molar-refractivity contribution is -0.384. The summed E-state index contributed by atoms with van der Waals surface area (Å²) < 4.78 is 17.9. The molecule has 0 unspecified atom stereocenters. The fraction of sp³-hybridized carbons (Fsp3) is 0.222. The summed E-state index contributed by atoms with van der Waals surface area (Å²) >= 11 is 0. The predicted octanol–water partition coefficient (Wildman–Crippen LogP) is 2.15. The van der Waals surface area contributed by atoms with Crippen molar-refractivity contribution in [2.75, 3.05) is 11.9 Å². The number of hydrogen-bond acceptors (Lipinski definition) is 6. The third kappa shape index (κ3) is 5.16. The van der Waals surface area contributed by atoms with Gasteiger partial charge in [-0.1, -0.05) is 0 Å². The van der Waals surface area contributed by atoms with E-state index in [1.54, 1.807) is 0 Å². The first kappa shape index (κ1) is 19.1. The first-order valence-corrected chi connectivity index (χ1v) is 8.45. The summed E-state index contributed by atoms with van der Waals surface area (Å²) in [6.07, 6.45) is 1.90. The van der Waals surface area contributed by atoms with E-state index in [0.717, 1.165) is 18.9 Å². The maximum Gasteiger partial charge on any atom is 0.293 e. The Morgan fingerprint density at radius 3 is 2.50 bits per heavy atom. The number of hydrogen-bond donors (Lipinski definition) is 3. The molecule has 2 amide bonds. The van der Waals surface area contributed by atoms with Crippen LogP contribution in [0.3, 0.4) is 0 Å². The van der Waals surface area contributed by atoms with Crippen LogP contribution in [0.2, 0.25) is 0 Å². The number of nitrogens with one attached hydrogen (secondary N) is 3. The molecule has 0 spiro atoms. The van der Waals surface area contributed by atoms with Gasteiger partial charge >= 0.3 is 0 Å². The van der Waals surface area contributed by atoms with Gasteiger partial charge in [0.2, 0.25) is 0 Å². The van der Waals surface area contributed by atoms with Crippen LogP contribution < -0.4 is 20.9 Å². The van der Waals surface area contributed by atoms with Gasteiger partial charge in [-0.2, -0.15) is 0 Å². The maximum atomic E-state index is 12.8. The highest BCUT2D eigenvalue weighted by atomic mass is 19.1. The van der Waals surface area contributed by atoms with Crippen LogP contribution in [-0.2, 0) is 4.79 Å². The van der Waals surface area contributed by atoms with Crippen molar-refractivity contribution in [2.24, 2.45) is 0 Å². The second kappa shape index (κ2) is 8.33. The van der Waals surface area contributed by atoms with Crippen molar-refractivity contribution in [3.63, 3.8) is 0 Å². The lowest BCUT2D eigenvalue weighted by Gasteiger charge is -2.10. The number of hydrazine groups is 1. The van der Waals surface area contributed by atoms with Crippen LogP contribution in [-0.4, -0.2) is 29.4 Å². The molecule has 3 N–H and O–H groups in total. The molecule has 0 bridgehead atoms. The molecule has 0 aromatic heterocycles. The first-order chi connectivity index (χ1) is 13.4. The van der Waals surface area contributed by atoms with Crippen LogP contribution in [0.15, 0.2) is 42.5 Å². The number of anilines is 1. The predicted molar refractivity (Wildman–Crippen MR) is 97.2 cm³/mol. The highest BCUT2D eigenvalue weighted by molar-refractivity contribution is 5.96. The molecule has 0 aliphatic heterocycles. The summed E-state index contributed by atoms with van der Waals surface area (Å²) in [7, 11) is 0. The molecule has 1 saturated carbocycles. The van der Waals surface area contributed by atoms with Gasteiger partial charge in [0.05, 0.1) is 4.92 Å². The van der Waals surface area contributed by atoms with Crippen LogP contribution in [0.4, 0.5) is 15.8 Å². The molecule has 2 aromatic rings. The second-order valence-corrected chi connectivity index (χ2v) is 6.15. The molecule has 9 nitrogen and oxygen atoms in total. The normalized spacial score (nSPS) is 12.8. The van der Waals surface area contributed by atoms with Crippen LogP contribution in [0.25, 0.3) is 0 Å². The van der Waals surface area contributed by atoms with Gasteiger partial charge in [-0.05, 0) is 49.2 Å². The van der Waals surface area contributed by atoms with E-state index in [1.807, 2.05) is 0 Å². The molecule has 10 heteroatoms. The van der Waals surface area contributed by atoms with Crippen LogP contribution in [0.5, 0.6) is 5.75 Å². The molecule has 0 saturated heterocycles. The Bertz CT molecular complexity index is 899. The topological polar surface area (TPSA) is 123 Å². The Kier molecular flexibility index (Phi) is 5.68. The van der Waals surface area contributed by atoms with Crippen molar-refractivity contribution in [2.45, 2.75) is 18.9 Å². The van der Waals surface area contributed by atoms with Gasteiger partial charge in [-0.25, -0.2) is 4.39 Å². The average Bonchev–Trinajstić information content (AvgIpc) is 3.49. The Hall–Kier alpha value is -3.69. The largest absolute Gasteiger partial charge is 0.484 e. The minimum atomic E-state index is -0.712. The van der Waals surface area contributed by atoms with E-state index in [0.29, 0.717) is 5.69 Å². The third-order valence-corrected chi connectivity index (χ3v) is 3.89. The standard InChI is InChI=1S/C18H17FN4O5/c19-12-2-6-14(7-3-12)28-10-17(24)21-22-18(25)11-1-8-15(20-13-4-5-13)16(9-11)23(26)27/h1-3,6-9,13,20H,4-5,10H2,(H,21,24)(H,22,25). The SMILES string of the molecule is O=C(COc1ccc(F)cc1)NNC(=O)c1ccc(NC2CC2)c([N+](=O)[O-])c1. The molecule has 28 heavy (non-hydrogen) atoms. The molecule has 2 aromatic carbocycles. The van der Waals surface area contributed by atoms with E-state index in [4.69, 9.17) is 4.74 Å². The summed E-state index contributed by atoms with van der Waals surface area (Å²) in [4.78, 5) is 34.5.